The molecule has 2 rings (SSSR count). The summed E-state index contributed by atoms with van der Waals surface area (Å²) in [4.78, 5) is 11.3. The lowest BCUT2D eigenvalue weighted by Gasteiger charge is -2.09. The number of carbonyl (C=O) groups excluding carboxylic acids is 1. The summed E-state index contributed by atoms with van der Waals surface area (Å²) in [6.45, 7) is 12.0. The maximum Gasteiger partial charge on any atom is 0.176 e. The normalized spacial score (nSPS) is 21.4. The molecule has 0 radical (unpaired) electrons. The summed E-state index contributed by atoms with van der Waals surface area (Å²) >= 11 is 0. The molecule has 1 saturated carbocycles. The molecule has 1 aromatic rings. The van der Waals surface area contributed by atoms with Crippen molar-refractivity contribution in [2.45, 2.75) is 59.8 Å². The zero-order valence-electron chi connectivity index (χ0n) is 15.6. The van der Waals surface area contributed by atoms with E-state index in [2.05, 4.69) is 20.4 Å². The van der Waals surface area contributed by atoms with Gasteiger partial charge in [0.1, 0.15) is 0 Å². The van der Waals surface area contributed by atoms with Gasteiger partial charge in [-0.1, -0.05) is 58.3 Å². The van der Waals surface area contributed by atoms with Gasteiger partial charge in [0.2, 0.25) is 0 Å². The Labute approximate surface area is 142 Å². The number of hydrogen-bond donors (Lipinski definition) is 0. The Morgan fingerprint density at radius 1 is 1.26 bits per heavy atom. The second kappa shape index (κ2) is 9.54. The first-order chi connectivity index (χ1) is 10.9. The van der Waals surface area contributed by atoms with Crippen molar-refractivity contribution in [3.05, 3.63) is 35.7 Å². The largest absolute Gasteiger partial charge is 0.341 e. The average molecular weight is 316 g/mol. The highest BCUT2D eigenvalue weighted by Crippen LogP contribution is 2.26. The summed E-state index contributed by atoms with van der Waals surface area (Å²) in [6.07, 6.45) is 13.1. The summed E-state index contributed by atoms with van der Waals surface area (Å²) < 4.78 is 1.89. The van der Waals surface area contributed by atoms with Gasteiger partial charge >= 0.3 is 0 Å². The average Bonchev–Trinajstić information content (AvgIpc) is 2.68. The van der Waals surface area contributed by atoms with E-state index in [1.807, 2.05) is 36.8 Å². The van der Waals surface area contributed by atoms with Gasteiger partial charge in [0, 0.05) is 19.7 Å². The predicted octanol–water partition coefficient (Wildman–Crippen LogP) is 6.13. The molecule has 128 valence electrons. The number of carbonyl (C=O) groups is 1. The number of Topliss-reactive ketones (excluding diaryl/α,β-unsaturated/α-hetero) is 1. The maximum atomic E-state index is 11.3. The van der Waals surface area contributed by atoms with Crippen LogP contribution < -0.4 is 0 Å². The van der Waals surface area contributed by atoms with Crippen molar-refractivity contribution in [3.63, 3.8) is 0 Å². The Kier molecular flexibility index (Phi) is 8.08. The minimum Gasteiger partial charge on any atom is -0.341 e. The summed E-state index contributed by atoms with van der Waals surface area (Å²) in [7, 11) is 1.89. The molecule has 2 unspecified atom stereocenters. The molecule has 1 aromatic heterocycles. The van der Waals surface area contributed by atoms with Gasteiger partial charge in [-0.15, -0.1) is 0 Å². The van der Waals surface area contributed by atoms with Gasteiger partial charge in [-0.2, -0.15) is 0 Å². The van der Waals surface area contributed by atoms with E-state index in [4.69, 9.17) is 0 Å². The smallest absolute Gasteiger partial charge is 0.176 e. The fourth-order valence-corrected chi connectivity index (χ4v) is 3.42. The van der Waals surface area contributed by atoms with Crippen molar-refractivity contribution >= 4 is 17.9 Å². The van der Waals surface area contributed by atoms with Gasteiger partial charge in [0.25, 0.3) is 0 Å². The highest BCUT2D eigenvalue weighted by atomic mass is 16.1. The topological polar surface area (TPSA) is 22.0 Å². The molecule has 0 saturated heterocycles. The SMILES string of the molecule is C=Cc1cc(C(C)=O)n(C)c1/C=C\C.CC1CCCCC(C)C1. The van der Waals surface area contributed by atoms with Crippen LogP contribution in [0.3, 0.4) is 0 Å². The zero-order chi connectivity index (χ0) is 17.4. The van der Waals surface area contributed by atoms with Crippen LogP contribution in [0.1, 0.15) is 81.5 Å². The van der Waals surface area contributed by atoms with Crippen molar-refractivity contribution < 1.29 is 4.79 Å². The lowest BCUT2D eigenvalue weighted by Crippen LogP contribution is -2.02. The molecule has 1 aliphatic carbocycles. The highest BCUT2D eigenvalue weighted by Gasteiger charge is 2.12. The molecule has 0 amide bonds. The molecule has 0 bridgehead atoms. The molecule has 0 spiro atoms. The van der Waals surface area contributed by atoms with E-state index in [0.29, 0.717) is 5.69 Å². The van der Waals surface area contributed by atoms with Crippen LogP contribution in [0.25, 0.3) is 12.2 Å². The molecular formula is C21H33NO. The van der Waals surface area contributed by atoms with E-state index in [9.17, 15) is 4.79 Å². The number of rotatable bonds is 3. The first-order valence-electron chi connectivity index (χ1n) is 8.86. The quantitative estimate of drug-likeness (QED) is 0.486. The molecular weight excluding hydrogens is 282 g/mol. The van der Waals surface area contributed by atoms with Gasteiger partial charge in [0.05, 0.1) is 5.69 Å². The van der Waals surface area contributed by atoms with Crippen molar-refractivity contribution in [3.8, 4) is 0 Å². The van der Waals surface area contributed by atoms with E-state index >= 15 is 0 Å². The summed E-state index contributed by atoms with van der Waals surface area (Å²) in [5, 5.41) is 0. The van der Waals surface area contributed by atoms with Crippen LogP contribution in [0.5, 0.6) is 0 Å². The monoisotopic (exact) mass is 315 g/mol. The van der Waals surface area contributed by atoms with E-state index < -0.39 is 0 Å². The minimum absolute atomic E-state index is 0.0753. The second-order valence-corrected chi connectivity index (χ2v) is 6.92. The van der Waals surface area contributed by atoms with Crippen LogP contribution >= 0.6 is 0 Å². The molecule has 1 aliphatic rings. The zero-order valence-corrected chi connectivity index (χ0v) is 15.6. The molecule has 0 N–H and O–H groups in total. The van der Waals surface area contributed by atoms with Gasteiger partial charge in [-0.05, 0) is 42.9 Å². The Hall–Kier alpha value is -1.57. The van der Waals surface area contributed by atoms with Crippen LogP contribution in [-0.2, 0) is 7.05 Å². The fraction of sp³-hybridized carbons (Fsp3) is 0.571. The number of nitrogens with zero attached hydrogens (tertiary/aromatic N) is 1. The van der Waals surface area contributed by atoms with Crippen molar-refractivity contribution in [1.82, 2.24) is 4.57 Å². The Balaban J connectivity index is 0.000000253. The van der Waals surface area contributed by atoms with Gasteiger partial charge in [0.15, 0.2) is 5.78 Å². The number of hydrogen-bond acceptors (Lipinski definition) is 1. The van der Waals surface area contributed by atoms with Gasteiger partial charge in [-0.3, -0.25) is 4.79 Å². The number of ketones is 1. The van der Waals surface area contributed by atoms with E-state index in [1.54, 1.807) is 13.0 Å². The molecule has 0 aliphatic heterocycles. The van der Waals surface area contributed by atoms with Crippen LogP contribution in [0.4, 0.5) is 0 Å². The van der Waals surface area contributed by atoms with Crippen LogP contribution in [-0.4, -0.2) is 10.4 Å². The Morgan fingerprint density at radius 2 is 1.83 bits per heavy atom. The first-order valence-corrected chi connectivity index (χ1v) is 8.86. The lowest BCUT2D eigenvalue weighted by atomic mass is 9.97. The van der Waals surface area contributed by atoms with Crippen LogP contribution in [0.15, 0.2) is 18.7 Å². The molecule has 2 heteroatoms. The van der Waals surface area contributed by atoms with Gasteiger partial charge in [-0.25, -0.2) is 0 Å². The number of allylic oxidation sites excluding steroid dienone is 1. The fourth-order valence-electron chi connectivity index (χ4n) is 3.42. The standard InChI is InChI=1S/C12H15NO.C9H18/c1-5-7-11-10(6-2)8-12(9(3)14)13(11)4;1-8-5-3-4-6-9(2)7-8/h5-8H,2H2,1,3-4H3;8-9H,3-7H2,1-2H3/b7-5-;. The second-order valence-electron chi connectivity index (χ2n) is 6.92. The summed E-state index contributed by atoms with van der Waals surface area (Å²) in [6, 6.07) is 1.87. The summed E-state index contributed by atoms with van der Waals surface area (Å²) in [5.41, 5.74) is 2.73. The Bertz CT molecular complexity index is 540. The Morgan fingerprint density at radius 3 is 2.26 bits per heavy atom. The highest BCUT2D eigenvalue weighted by molar-refractivity contribution is 5.94. The lowest BCUT2D eigenvalue weighted by molar-refractivity contribution is 0.101. The van der Waals surface area contributed by atoms with Gasteiger partial charge < -0.3 is 4.57 Å². The molecule has 2 nitrogen and oxygen atoms in total. The van der Waals surface area contributed by atoms with Crippen molar-refractivity contribution in [2.75, 3.05) is 0 Å². The predicted molar refractivity (Wildman–Crippen MR) is 102 cm³/mol. The maximum absolute atomic E-state index is 11.3. The third kappa shape index (κ3) is 5.85. The third-order valence-corrected chi connectivity index (χ3v) is 4.66. The van der Waals surface area contributed by atoms with E-state index in [-0.39, 0.29) is 5.78 Å². The van der Waals surface area contributed by atoms with Crippen LogP contribution in [0.2, 0.25) is 0 Å². The molecule has 2 atom stereocenters. The summed E-state index contributed by atoms with van der Waals surface area (Å²) in [5.74, 6) is 2.08. The van der Waals surface area contributed by atoms with Crippen molar-refractivity contribution in [2.24, 2.45) is 18.9 Å². The van der Waals surface area contributed by atoms with E-state index in [1.165, 1.54) is 32.1 Å². The van der Waals surface area contributed by atoms with Crippen molar-refractivity contribution in [1.29, 1.82) is 0 Å². The van der Waals surface area contributed by atoms with E-state index in [0.717, 1.165) is 23.1 Å². The van der Waals surface area contributed by atoms with Crippen LogP contribution in [0, 0.1) is 11.8 Å². The minimum atomic E-state index is 0.0753. The molecule has 1 heterocycles. The first kappa shape index (κ1) is 19.5. The number of aromatic nitrogens is 1. The molecule has 0 aromatic carbocycles. The molecule has 1 fully saturated rings. The third-order valence-electron chi connectivity index (χ3n) is 4.66. The molecule has 23 heavy (non-hydrogen) atoms.